The van der Waals surface area contributed by atoms with Gasteiger partial charge in [-0.15, -0.1) is 0 Å². The maximum Gasteiger partial charge on any atom is 0.353 e. The second-order valence-electron chi connectivity index (χ2n) is 1.48. The van der Waals surface area contributed by atoms with Gasteiger partial charge >= 0.3 is 59.4 Å². The summed E-state index contributed by atoms with van der Waals surface area (Å²) in [6.45, 7) is -1.07. The van der Waals surface area contributed by atoms with Crippen molar-refractivity contribution in [2.45, 2.75) is 0 Å². The fourth-order valence-electron chi connectivity index (χ4n) is 0.382. The number of hydrogen-bond acceptors (Lipinski definition) is 7. The zero-order valence-corrected chi connectivity index (χ0v) is 12.2. The van der Waals surface area contributed by atoms with Crippen LogP contribution >= 0.6 is 59.4 Å². The lowest BCUT2D eigenvalue weighted by Crippen LogP contribution is -1.82. The van der Waals surface area contributed by atoms with Crippen molar-refractivity contribution in [1.82, 2.24) is 0 Å². The molecule has 0 aliphatic carbocycles. The number of hydrogen-bond donors (Lipinski definition) is 1. The quantitative estimate of drug-likeness (QED) is 0.548. The van der Waals surface area contributed by atoms with E-state index in [-0.39, 0.29) is 0 Å². The fourth-order valence-corrected chi connectivity index (χ4v) is 8.85. The van der Waals surface area contributed by atoms with Crippen LogP contribution in [0.4, 0.5) is 0 Å². The zero-order valence-electron chi connectivity index (χ0n) is 5.74. The Balaban J connectivity index is 5.83. The van der Waals surface area contributed by atoms with Crippen molar-refractivity contribution < 1.29 is 23.5 Å². The summed E-state index contributed by atoms with van der Waals surface area (Å²) < 4.78 is 60.5. The summed E-state index contributed by atoms with van der Waals surface area (Å²) in [5.74, 6) is 0. The van der Waals surface area contributed by atoms with E-state index in [4.69, 9.17) is 5.11 Å². The Morgan fingerprint density at radius 1 is 0.846 bits per heavy atom. The molecule has 1 N–H and O–H groups in total. The normalized spacial score (nSPS) is 11.1. The van der Waals surface area contributed by atoms with E-state index < -0.39 is 71.2 Å². The molecule has 0 heterocycles. The number of halogens is 3. The van der Waals surface area contributed by atoms with Crippen LogP contribution in [0.2, 0.25) is 0 Å². The van der Waals surface area contributed by atoms with Crippen molar-refractivity contribution >= 4 is 59.4 Å². The van der Waals surface area contributed by atoms with Crippen LogP contribution in [0.15, 0.2) is 5.17 Å². The molecule has 0 bridgehead atoms. The maximum absolute atomic E-state index is 10.4. The van der Waals surface area contributed by atoms with Crippen LogP contribution in [0.1, 0.15) is 0 Å². The Morgan fingerprint density at radius 2 is 1.23 bits per heavy atom. The van der Waals surface area contributed by atoms with Gasteiger partial charge in [0, 0.05) is 0 Å². The van der Waals surface area contributed by atoms with Crippen LogP contribution in [0.3, 0.4) is 0 Å². The summed E-state index contributed by atoms with van der Waals surface area (Å²) in [5, 5.41) is 8.44. The minimum atomic E-state index is -4.34. The van der Waals surface area contributed by atoms with E-state index >= 15 is 0 Å². The molecule has 0 fully saturated rings. The van der Waals surface area contributed by atoms with Gasteiger partial charge in [0.15, 0.2) is 1.59 Å². The van der Waals surface area contributed by atoms with Gasteiger partial charge in [0.05, 0.1) is 6.61 Å². The Hall–Kier alpha value is 0.690. The van der Waals surface area contributed by atoms with Gasteiger partial charge < -0.3 is 5.11 Å². The largest absolute Gasteiger partial charge is 0.391 e. The number of aliphatic hydroxyl groups excluding tert-OH is 1. The molecule has 0 spiro atoms. The predicted molar refractivity (Wildman–Crippen MR) is 60.3 cm³/mol. The highest BCUT2D eigenvalue weighted by atomic mass is 127. The molecule has 78 valence electrons. The summed E-state index contributed by atoms with van der Waals surface area (Å²) in [5.41, 5.74) is 0. The molecule has 0 saturated heterocycles. The van der Waals surface area contributed by atoms with Crippen LogP contribution in [0.5, 0.6) is 0 Å². The maximum atomic E-state index is 10.4. The van der Waals surface area contributed by atoms with Gasteiger partial charge in [0.1, 0.15) is 3.58 Å². The third-order valence-electron chi connectivity index (χ3n) is 0.801. The highest BCUT2D eigenvalue weighted by Gasteiger charge is 2.20. The Kier molecular flexibility index (Phi) is 6.56. The lowest BCUT2D eigenvalue weighted by atomic mass is 10.7. The second-order valence-corrected chi connectivity index (χ2v) is 10.7. The highest BCUT2D eigenvalue weighted by molar-refractivity contribution is 14.3. The second kappa shape index (κ2) is 6.23. The molecule has 13 heavy (non-hydrogen) atoms. The topological polar surface area (TPSA) is 123 Å². The Labute approximate surface area is 93.4 Å². The standard InChI is InChI=1S/C3H3I3O7/c7-1-2(4(8)9)3(5(10)11)6(12)13/h7H,1H2. The van der Waals surface area contributed by atoms with E-state index in [1.165, 1.54) is 0 Å². The highest BCUT2D eigenvalue weighted by Crippen LogP contribution is 2.43. The molecule has 0 saturated carbocycles. The minimum Gasteiger partial charge on any atom is -0.391 e. The molecule has 0 aromatic rings. The number of aliphatic hydroxyl groups is 1. The Bertz CT molecular complexity index is 386. The molecular formula is C3H3I3O7. The molecule has 0 aliphatic heterocycles. The van der Waals surface area contributed by atoms with Crippen LogP contribution in [-0.4, -0.2) is 11.7 Å². The minimum absolute atomic E-state index is 0.838. The van der Waals surface area contributed by atoms with Crippen LogP contribution in [0.25, 0.3) is 0 Å². The van der Waals surface area contributed by atoms with Gasteiger partial charge in [0.25, 0.3) is 0 Å². The first kappa shape index (κ1) is 13.7. The average molecular weight is 532 g/mol. The van der Waals surface area contributed by atoms with Gasteiger partial charge in [0.2, 0.25) is 0 Å². The fraction of sp³-hybridized carbons (Fsp3) is 0.333. The summed E-state index contributed by atoms with van der Waals surface area (Å²) in [7, 11) is 0. The van der Waals surface area contributed by atoms with E-state index in [2.05, 4.69) is 0 Å². The van der Waals surface area contributed by atoms with Gasteiger partial charge in [-0.25, -0.2) is 18.4 Å². The number of rotatable bonds is 4. The lowest BCUT2D eigenvalue weighted by Gasteiger charge is -1.88. The Morgan fingerprint density at radius 3 is 1.31 bits per heavy atom. The monoisotopic (exact) mass is 532 g/mol. The molecule has 0 atom stereocenters. The summed E-state index contributed by atoms with van der Waals surface area (Å²) in [6, 6.07) is 0. The van der Waals surface area contributed by atoms with Crippen LogP contribution in [0, 0.1) is 0 Å². The third kappa shape index (κ3) is 4.15. The third-order valence-corrected chi connectivity index (χ3v) is 12.1. The zero-order chi connectivity index (χ0) is 10.6. The molecule has 0 aromatic heterocycles. The van der Waals surface area contributed by atoms with E-state index in [0.717, 1.165) is 0 Å². The molecule has 7 nitrogen and oxygen atoms in total. The van der Waals surface area contributed by atoms with Crippen molar-refractivity contribution in [1.29, 1.82) is 0 Å². The summed E-state index contributed by atoms with van der Waals surface area (Å²) >= 11 is -12.9. The SMILES string of the molecule is O=I(=O)C(CO)=C(I(=O)=O)I(=O)=O. The van der Waals surface area contributed by atoms with Crippen molar-refractivity contribution in [3.8, 4) is 0 Å². The van der Waals surface area contributed by atoms with E-state index in [1.54, 1.807) is 0 Å². The first-order chi connectivity index (χ1) is 5.91. The molecule has 10 heteroatoms. The molecule has 0 unspecified atom stereocenters. The van der Waals surface area contributed by atoms with Crippen molar-refractivity contribution in [3.63, 3.8) is 0 Å². The molecular weight excluding hydrogens is 529 g/mol. The summed E-state index contributed by atoms with van der Waals surface area (Å²) in [6.07, 6.45) is 0. The van der Waals surface area contributed by atoms with Gasteiger partial charge in [-0.05, 0) is 0 Å². The van der Waals surface area contributed by atoms with Crippen molar-refractivity contribution in [2.24, 2.45) is 0 Å². The molecule has 0 amide bonds. The molecule has 0 aliphatic rings. The van der Waals surface area contributed by atoms with Crippen molar-refractivity contribution in [3.05, 3.63) is 5.17 Å². The van der Waals surface area contributed by atoms with Crippen LogP contribution < -0.4 is 0 Å². The first-order valence-electron chi connectivity index (χ1n) is 2.41. The van der Waals surface area contributed by atoms with Gasteiger partial charge in [-0.1, -0.05) is 0 Å². The molecule has 0 radical (unpaired) electrons. The smallest absolute Gasteiger partial charge is 0.353 e. The lowest BCUT2D eigenvalue weighted by molar-refractivity contribution is 0.341. The van der Waals surface area contributed by atoms with E-state index in [9.17, 15) is 18.4 Å². The molecule has 0 aromatic carbocycles. The van der Waals surface area contributed by atoms with E-state index in [0.29, 0.717) is 0 Å². The molecule has 0 rings (SSSR count). The van der Waals surface area contributed by atoms with Gasteiger partial charge in [-0.2, -0.15) is 0 Å². The van der Waals surface area contributed by atoms with Crippen LogP contribution in [-0.2, 0) is 18.4 Å². The van der Waals surface area contributed by atoms with Gasteiger partial charge in [-0.3, -0.25) is 0 Å². The van der Waals surface area contributed by atoms with Crippen molar-refractivity contribution in [2.75, 3.05) is 6.61 Å². The summed E-state index contributed by atoms with van der Waals surface area (Å²) in [4.78, 5) is 0. The average Bonchev–Trinajstić information content (AvgIpc) is 1.97. The van der Waals surface area contributed by atoms with E-state index in [1.807, 2.05) is 0 Å². The first-order valence-corrected chi connectivity index (χ1v) is 10.9. The predicted octanol–water partition coefficient (Wildman–Crippen LogP) is 1.74.